The Balaban J connectivity index is 2.48. The Morgan fingerprint density at radius 1 is 1.53 bits per heavy atom. The fourth-order valence-corrected chi connectivity index (χ4v) is 1.92. The summed E-state index contributed by atoms with van der Waals surface area (Å²) in [5.41, 5.74) is 1.31. The van der Waals surface area contributed by atoms with Crippen LogP contribution in [0.3, 0.4) is 0 Å². The number of nitrogens with zero attached hydrogens (tertiary/aromatic N) is 2. The van der Waals surface area contributed by atoms with Gasteiger partial charge in [-0.25, -0.2) is 4.79 Å². The van der Waals surface area contributed by atoms with E-state index in [1.165, 1.54) is 4.57 Å². The van der Waals surface area contributed by atoms with Gasteiger partial charge in [-0.2, -0.15) is 0 Å². The number of ether oxygens (including phenoxy) is 1. The molecule has 0 aromatic carbocycles. The lowest BCUT2D eigenvalue weighted by Crippen LogP contribution is -2.26. The highest BCUT2D eigenvalue weighted by molar-refractivity contribution is 5.91. The highest BCUT2D eigenvalue weighted by Gasteiger charge is 2.20. The van der Waals surface area contributed by atoms with Crippen molar-refractivity contribution in [3.05, 3.63) is 42.9 Å². The summed E-state index contributed by atoms with van der Waals surface area (Å²) in [7, 11) is 0. The standard InChI is InChI=1S/C15H18N2O2/c1-5-6-11-10-17(14(18)19-15(2,3)4)13-7-8-16-9-12(11)13/h5,7-10H,1,6H2,2-4H3. The van der Waals surface area contributed by atoms with Gasteiger partial charge in [0.05, 0.1) is 5.52 Å². The minimum absolute atomic E-state index is 0.376. The normalized spacial score (nSPS) is 11.5. The lowest BCUT2D eigenvalue weighted by Gasteiger charge is -2.19. The second kappa shape index (κ2) is 4.88. The van der Waals surface area contributed by atoms with Gasteiger partial charge in [-0.1, -0.05) is 6.08 Å². The zero-order chi connectivity index (χ0) is 14.0. The van der Waals surface area contributed by atoms with Crippen LogP contribution in [0.4, 0.5) is 4.79 Å². The number of fused-ring (bicyclic) bond motifs is 1. The van der Waals surface area contributed by atoms with Crippen LogP contribution in [0.2, 0.25) is 0 Å². The molecule has 0 atom stereocenters. The molecule has 100 valence electrons. The molecule has 0 amide bonds. The first kappa shape index (κ1) is 13.3. The summed E-state index contributed by atoms with van der Waals surface area (Å²) < 4.78 is 6.93. The van der Waals surface area contributed by atoms with Crippen molar-refractivity contribution in [2.75, 3.05) is 0 Å². The molecule has 0 aliphatic heterocycles. The minimum atomic E-state index is -0.515. The predicted molar refractivity (Wildman–Crippen MR) is 75.3 cm³/mol. The molecular weight excluding hydrogens is 240 g/mol. The summed E-state index contributed by atoms with van der Waals surface area (Å²) in [5, 5.41) is 0.952. The van der Waals surface area contributed by atoms with Crippen molar-refractivity contribution in [1.82, 2.24) is 9.55 Å². The molecule has 0 saturated carbocycles. The van der Waals surface area contributed by atoms with Crippen LogP contribution in [0.5, 0.6) is 0 Å². The molecule has 2 heterocycles. The van der Waals surface area contributed by atoms with E-state index in [0.717, 1.165) is 16.5 Å². The van der Waals surface area contributed by atoms with E-state index in [9.17, 15) is 4.79 Å². The van der Waals surface area contributed by atoms with E-state index in [1.807, 2.05) is 26.8 Å². The van der Waals surface area contributed by atoms with Crippen LogP contribution in [0.1, 0.15) is 26.3 Å². The van der Waals surface area contributed by atoms with Gasteiger partial charge in [-0.15, -0.1) is 6.58 Å². The molecule has 0 unspecified atom stereocenters. The molecule has 2 aromatic heterocycles. The Morgan fingerprint density at radius 2 is 2.26 bits per heavy atom. The predicted octanol–water partition coefficient (Wildman–Crippen LogP) is 3.55. The third kappa shape index (κ3) is 2.84. The van der Waals surface area contributed by atoms with E-state index in [4.69, 9.17) is 4.74 Å². The van der Waals surface area contributed by atoms with Gasteiger partial charge in [0.25, 0.3) is 0 Å². The van der Waals surface area contributed by atoms with Gasteiger partial charge in [-0.3, -0.25) is 9.55 Å². The first-order chi connectivity index (χ1) is 8.92. The van der Waals surface area contributed by atoms with Crippen molar-refractivity contribution >= 4 is 17.0 Å². The van der Waals surface area contributed by atoms with Crippen LogP contribution < -0.4 is 0 Å². The molecule has 0 saturated heterocycles. The average Bonchev–Trinajstić information content (AvgIpc) is 2.67. The fourth-order valence-electron chi connectivity index (χ4n) is 1.92. The number of pyridine rings is 1. The summed E-state index contributed by atoms with van der Waals surface area (Å²) >= 11 is 0. The Kier molecular flexibility index (Phi) is 3.42. The summed E-state index contributed by atoms with van der Waals surface area (Å²) in [5.74, 6) is 0. The maximum absolute atomic E-state index is 12.2. The number of hydrogen-bond donors (Lipinski definition) is 0. The molecule has 0 spiro atoms. The molecule has 0 aliphatic carbocycles. The number of aromatic nitrogens is 2. The largest absolute Gasteiger partial charge is 0.443 e. The molecule has 0 fully saturated rings. The molecule has 4 nitrogen and oxygen atoms in total. The van der Waals surface area contributed by atoms with Crippen molar-refractivity contribution in [3.63, 3.8) is 0 Å². The van der Waals surface area contributed by atoms with Gasteiger partial charge in [0.2, 0.25) is 0 Å². The number of hydrogen-bond acceptors (Lipinski definition) is 3. The van der Waals surface area contributed by atoms with Crippen LogP contribution >= 0.6 is 0 Å². The number of rotatable bonds is 2. The second-order valence-corrected chi connectivity index (χ2v) is 5.39. The summed E-state index contributed by atoms with van der Waals surface area (Å²) in [6, 6.07) is 1.81. The number of carbonyl (C=O) groups is 1. The Bertz CT molecular complexity index is 621. The van der Waals surface area contributed by atoms with Gasteiger partial charge in [-0.05, 0) is 38.8 Å². The van der Waals surface area contributed by atoms with Crippen molar-refractivity contribution < 1.29 is 9.53 Å². The Labute approximate surface area is 112 Å². The molecule has 0 radical (unpaired) electrons. The summed E-state index contributed by atoms with van der Waals surface area (Å²) in [6.07, 6.45) is 7.34. The fraction of sp³-hybridized carbons (Fsp3) is 0.333. The van der Waals surface area contributed by atoms with E-state index in [1.54, 1.807) is 24.7 Å². The van der Waals surface area contributed by atoms with Crippen LogP contribution in [0, 0.1) is 0 Å². The van der Waals surface area contributed by atoms with Crippen LogP contribution in [0.15, 0.2) is 37.3 Å². The van der Waals surface area contributed by atoms with E-state index in [0.29, 0.717) is 6.42 Å². The minimum Gasteiger partial charge on any atom is -0.443 e. The highest BCUT2D eigenvalue weighted by Crippen LogP contribution is 2.22. The molecule has 2 aromatic rings. The number of allylic oxidation sites excluding steroid dienone is 1. The third-order valence-electron chi connectivity index (χ3n) is 2.64. The average molecular weight is 258 g/mol. The van der Waals surface area contributed by atoms with Crippen LogP contribution in [0.25, 0.3) is 10.9 Å². The third-order valence-corrected chi connectivity index (χ3v) is 2.64. The topological polar surface area (TPSA) is 44.1 Å². The molecule has 0 bridgehead atoms. The maximum Gasteiger partial charge on any atom is 0.419 e. The van der Waals surface area contributed by atoms with Crippen molar-refractivity contribution in [3.8, 4) is 0 Å². The Hall–Kier alpha value is -2.10. The quantitative estimate of drug-likeness (QED) is 0.774. The second-order valence-electron chi connectivity index (χ2n) is 5.39. The van der Waals surface area contributed by atoms with E-state index < -0.39 is 5.60 Å². The molecule has 4 heteroatoms. The molecule has 19 heavy (non-hydrogen) atoms. The van der Waals surface area contributed by atoms with Gasteiger partial charge in [0.15, 0.2) is 0 Å². The van der Waals surface area contributed by atoms with E-state index in [-0.39, 0.29) is 6.09 Å². The monoisotopic (exact) mass is 258 g/mol. The lowest BCUT2D eigenvalue weighted by atomic mass is 10.1. The molecule has 0 aliphatic rings. The Morgan fingerprint density at radius 3 is 2.89 bits per heavy atom. The van der Waals surface area contributed by atoms with Crippen LogP contribution in [-0.4, -0.2) is 21.2 Å². The summed E-state index contributed by atoms with van der Waals surface area (Å²) in [4.78, 5) is 16.3. The van der Waals surface area contributed by atoms with Crippen molar-refractivity contribution in [1.29, 1.82) is 0 Å². The smallest absolute Gasteiger partial charge is 0.419 e. The van der Waals surface area contributed by atoms with Gasteiger partial charge in [0.1, 0.15) is 5.60 Å². The highest BCUT2D eigenvalue weighted by atomic mass is 16.6. The van der Waals surface area contributed by atoms with Crippen LogP contribution in [-0.2, 0) is 11.2 Å². The summed E-state index contributed by atoms with van der Waals surface area (Å²) in [6.45, 7) is 9.28. The maximum atomic E-state index is 12.2. The van der Waals surface area contributed by atoms with Gasteiger partial charge < -0.3 is 4.74 Å². The van der Waals surface area contributed by atoms with Gasteiger partial charge >= 0.3 is 6.09 Å². The van der Waals surface area contributed by atoms with Gasteiger partial charge in [0, 0.05) is 24.0 Å². The van der Waals surface area contributed by atoms with Crippen molar-refractivity contribution in [2.24, 2.45) is 0 Å². The SMILES string of the molecule is C=CCc1cn(C(=O)OC(C)(C)C)c2ccncc12. The zero-order valence-corrected chi connectivity index (χ0v) is 11.5. The number of carbonyl (C=O) groups excluding carboxylic acids is 1. The first-order valence-electron chi connectivity index (χ1n) is 6.20. The van der Waals surface area contributed by atoms with Crippen molar-refractivity contribution in [2.45, 2.75) is 32.8 Å². The first-order valence-corrected chi connectivity index (χ1v) is 6.20. The van der Waals surface area contributed by atoms with E-state index >= 15 is 0 Å². The lowest BCUT2D eigenvalue weighted by molar-refractivity contribution is 0.0544. The molecule has 0 N–H and O–H groups in total. The van der Waals surface area contributed by atoms with E-state index in [2.05, 4.69) is 11.6 Å². The molecular formula is C15H18N2O2. The molecule has 2 rings (SSSR count). The zero-order valence-electron chi connectivity index (χ0n) is 11.5.